The summed E-state index contributed by atoms with van der Waals surface area (Å²) in [7, 11) is 0. The third-order valence-electron chi connectivity index (χ3n) is 1.37. The second kappa shape index (κ2) is 4.42. The smallest absolute Gasteiger partial charge is 0.117 e. The number of furan rings is 1. The van der Waals surface area contributed by atoms with E-state index in [1.165, 1.54) is 0 Å². The van der Waals surface area contributed by atoms with E-state index in [4.69, 9.17) is 16.0 Å². The molecule has 0 bridgehead atoms. The summed E-state index contributed by atoms with van der Waals surface area (Å²) in [6.45, 7) is 3.52. The van der Waals surface area contributed by atoms with Crippen LogP contribution in [0.1, 0.15) is 11.5 Å². The Morgan fingerprint density at radius 3 is 2.91 bits per heavy atom. The fourth-order valence-corrected chi connectivity index (χ4v) is 0.992. The van der Waals surface area contributed by atoms with Crippen molar-refractivity contribution in [2.24, 2.45) is 0 Å². The number of hydrogen-bond acceptors (Lipinski definition) is 2. The maximum Gasteiger partial charge on any atom is 0.117 e. The molecule has 0 saturated carbocycles. The van der Waals surface area contributed by atoms with Crippen LogP contribution in [-0.2, 0) is 6.54 Å². The molecule has 1 rings (SSSR count). The van der Waals surface area contributed by atoms with Gasteiger partial charge in [0.2, 0.25) is 0 Å². The highest BCUT2D eigenvalue weighted by Gasteiger charge is 1.95. The van der Waals surface area contributed by atoms with Crippen LogP contribution in [0, 0.1) is 6.92 Å². The number of hydrogen-bond donors (Lipinski definition) is 1. The minimum atomic E-state index is 0.639. The number of alkyl halides is 1. The molecular weight excluding hydrogens is 162 g/mol. The van der Waals surface area contributed by atoms with Gasteiger partial charge in [-0.15, -0.1) is 11.6 Å². The van der Waals surface area contributed by atoms with Gasteiger partial charge in [-0.25, -0.2) is 0 Å². The van der Waals surface area contributed by atoms with E-state index >= 15 is 0 Å². The zero-order valence-electron chi connectivity index (χ0n) is 6.56. The molecule has 0 atom stereocenters. The van der Waals surface area contributed by atoms with E-state index in [2.05, 4.69) is 5.32 Å². The molecule has 1 aromatic rings. The van der Waals surface area contributed by atoms with Crippen LogP contribution in [-0.4, -0.2) is 12.4 Å². The molecule has 0 radical (unpaired) electrons. The highest BCUT2D eigenvalue weighted by atomic mass is 35.5. The third-order valence-corrected chi connectivity index (χ3v) is 1.56. The Morgan fingerprint density at radius 1 is 1.55 bits per heavy atom. The average Bonchev–Trinajstić information content (AvgIpc) is 2.37. The van der Waals surface area contributed by atoms with E-state index in [-0.39, 0.29) is 0 Å². The van der Waals surface area contributed by atoms with Crippen molar-refractivity contribution in [2.75, 3.05) is 12.4 Å². The second-order valence-electron chi connectivity index (χ2n) is 2.38. The SMILES string of the molecule is Cc1ccc(CNCCCl)o1. The van der Waals surface area contributed by atoms with Gasteiger partial charge < -0.3 is 9.73 Å². The summed E-state index contributed by atoms with van der Waals surface area (Å²) in [4.78, 5) is 0. The molecule has 11 heavy (non-hydrogen) atoms. The van der Waals surface area contributed by atoms with Crippen LogP contribution in [0.4, 0.5) is 0 Å². The fraction of sp³-hybridized carbons (Fsp3) is 0.500. The van der Waals surface area contributed by atoms with Crippen molar-refractivity contribution < 1.29 is 4.42 Å². The molecule has 0 aliphatic heterocycles. The molecule has 0 aromatic carbocycles. The van der Waals surface area contributed by atoms with Crippen molar-refractivity contribution in [3.05, 3.63) is 23.7 Å². The standard InChI is InChI=1S/C8H12ClNO/c1-7-2-3-8(11-7)6-10-5-4-9/h2-3,10H,4-6H2,1H3. The number of aryl methyl sites for hydroxylation is 1. The molecule has 0 aliphatic rings. The van der Waals surface area contributed by atoms with E-state index in [9.17, 15) is 0 Å². The van der Waals surface area contributed by atoms with Gasteiger partial charge in [-0.3, -0.25) is 0 Å². The first-order chi connectivity index (χ1) is 5.33. The van der Waals surface area contributed by atoms with Crippen LogP contribution in [0.25, 0.3) is 0 Å². The van der Waals surface area contributed by atoms with Gasteiger partial charge in [-0.05, 0) is 19.1 Å². The molecule has 1 N–H and O–H groups in total. The zero-order valence-corrected chi connectivity index (χ0v) is 7.32. The number of halogens is 1. The van der Waals surface area contributed by atoms with Crippen molar-refractivity contribution in [1.29, 1.82) is 0 Å². The van der Waals surface area contributed by atoms with Crippen LogP contribution in [0.15, 0.2) is 16.5 Å². The molecule has 0 spiro atoms. The molecular formula is C8H12ClNO. The second-order valence-corrected chi connectivity index (χ2v) is 2.76. The van der Waals surface area contributed by atoms with Crippen molar-refractivity contribution in [2.45, 2.75) is 13.5 Å². The average molecular weight is 174 g/mol. The monoisotopic (exact) mass is 173 g/mol. The van der Waals surface area contributed by atoms with Gasteiger partial charge in [0, 0.05) is 12.4 Å². The molecule has 0 amide bonds. The predicted molar refractivity (Wildman–Crippen MR) is 45.9 cm³/mol. The zero-order chi connectivity index (χ0) is 8.10. The normalized spacial score (nSPS) is 10.4. The van der Waals surface area contributed by atoms with Crippen molar-refractivity contribution in [3.8, 4) is 0 Å². The molecule has 1 aromatic heterocycles. The Bertz CT molecular complexity index is 210. The minimum Gasteiger partial charge on any atom is -0.465 e. The number of nitrogens with one attached hydrogen (secondary N) is 1. The maximum atomic E-state index is 5.48. The van der Waals surface area contributed by atoms with Gasteiger partial charge in [-0.1, -0.05) is 0 Å². The Labute approximate surface area is 71.5 Å². The van der Waals surface area contributed by atoms with Crippen LogP contribution in [0.3, 0.4) is 0 Å². The van der Waals surface area contributed by atoms with Crippen molar-refractivity contribution in [1.82, 2.24) is 5.32 Å². The first-order valence-corrected chi connectivity index (χ1v) is 4.18. The predicted octanol–water partition coefficient (Wildman–Crippen LogP) is 1.92. The third kappa shape index (κ3) is 2.95. The first-order valence-electron chi connectivity index (χ1n) is 3.65. The summed E-state index contributed by atoms with van der Waals surface area (Å²) >= 11 is 5.48. The lowest BCUT2D eigenvalue weighted by molar-refractivity contribution is 0.465. The summed E-state index contributed by atoms with van der Waals surface area (Å²) in [5.74, 6) is 2.56. The summed E-state index contributed by atoms with van der Waals surface area (Å²) in [5.41, 5.74) is 0. The van der Waals surface area contributed by atoms with E-state index in [0.717, 1.165) is 24.6 Å². The molecule has 1 heterocycles. The summed E-state index contributed by atoms with van der Waals surface area (Å²) < 4.78 is 5.32. The maximum absolute atomic E-state index is 5.48. The van der Waals surface area contributed by atoms with Gasteiger partial charge in [0.1, 0.15) is 11.5 Å². The Morgan fingerprint density at radius 2 is 2.36 bits per heavy atom. The minimum absolute atomic E-state index is 0.639. The molecule has 0 aliphatic carbocycles. The van der Waals surface area contributed by atoms with E-state index in [1.807, 2.05) is 19.1 Å². The fourth-order valence-electron chi connectivity index (χ4n) is 0.859. The lowest BCUT2D eigenvalue weighted by atomic mass is 10.4. The van der Waals surface area contributed by atoms with Crippen molar-refractivity contribution >= 4 is 11.6 Å². The van der Waals surface area contributed by atoms with Gasteiger partial charge in [-0.2, -0.15) is 0 Å². The van der Waals surface area contributed by atoms with Crippen LogP contribution in [0.5, 0.6) is 0 Å². The van der Waals surface area contributed by atoms with E-state index < -0.39 is 0 Å². The van der Waals surface area contributed by atoms with Gasteiger partial charge >= 0.3 is 0 Å². The van der Waals surface area contributed by atoms with Crippen molar-refractivity contribution in [3.63, 3.8) is 0 Å². The largest absolute Gasteiger partial charge is 0.465 e. The highest BCUT2D eigenvalue weighted by molar-refractivity contribution is 6.18. The summed E-state index contributed by atoms with van der Waals surface area (Å²) in [5, 5.41) is 3.14. The lowest BCUT2D eigenvalue weighted by Gasteiger charge is -1.97. The molecule has 0 fully saturated rings. The van der Waals surface area contributed by atoms with Crippen LogP contribution >= 0.6 is 11.6 Å². The van der Waals surface area contributed by atoms with Crippen LogP contribution < -0.4 is 5.32 Å². The molecule has 2 nitrogen and oxygen atoms in total. The summed E-state index contributed by atoms with van der Waals surface area (Å²) in [6.07, 6.45) is 0. The quantitative estimate of drug-likeness (QED) is 0.556. The van der Waals surface area contributed by atoms with E-state index in [0.29, 0.717) is 5.88 Å². The molecule has 0 saturated heterocycles. The first kappa shape index (κ1) is 8.62. The Balaban J connectivity index is 2.27. The topological polar surface area (TPSA) is 25.2 Å². The lowest BCUT2D eigenvalue weighted by Crippen LogP contribution is -2.14. The van der Waals surface area contributed by atoms with Crippen LogP contribution in [0.2, 0.25) is 0 Å². The Hall–Kier alpha value is -0.470. The summed E-state index contributed by atoms with van der Waals surface area (Å²) in [6, 6.07) is 3.92. The van der Waals surface area contributed by atoms with Gasteiger partial charge in [0.25, 0.3) is 0 Å². The highest BCUT2D eigenvalue weighted by Crippen LogP contribution is 2.04. The Kier molecular flexibility index (Phi) is 3.46. The van der Waals surface area contributed by atoms with Gasteiger partial charge in [0.05, 0.1) is 6.54 Å². The molecule has 3 heteroatoms. The number of rotatable bonds is 4. The van der Waals surface area contributed by atoms with E-state index in [1.54, 1.807) is 0 Å². The van der Waals surface area contributed by atoms with Gasteiger partial charge in [0.15, 0.2) is 0 Å². The molecule has 0 unspecified atom stereocenters. The molecule has 62 valence electrons.